The normalized spacial score (nSPS) is 10.4. The predicted octanol–water partition coefficient (Wildman–Crippen LogP) is 3.56. The van der Waals surface area contributed by atoms with Crippen LogP contribution in [0.25, 0.3) is 0 Å². The summed E-state index contributed by atoms with van der Waals surface area (Å²) in [7, 11) is 0. The molecule has 1 aromatic heterocycles. The zero-order chi connectivity index (χ0) is 13.1. The number of ketones is 1. The van der Waals surface area contributed by atoms with Crippen molar-refractivity contribution in [3.63, 3.8) is 0 Å². The Kier molecular flexibility index (Phi) is 3.81. The van der Waals surface area contributed by atoms with Crippen molar-refractivity contribution < 1.29 is 9.21 Å². The molecule has 0 fully saturated rings. The molecular weight excluding hydrogens is 296 g/mol. The standard InChI is InChI=1S/C13H13BrN2O2/c1-8-6-16-13(18-8)7-15-12-4-3-10(14)5-11(12)9(2)17/h3-6,15H,7H2,1-2H3. The zero-order valence-electron chi connectivity index (χ0n) is 10.2. The summed E-state index contributed by atoms with van der Waals surface area (Å²) >= 11 is 3.35. The van der Waals surface area contributed by atoms with Gasteiger partial charge in [0.25, 0.3) is 0 Å². The molecule has 2 aromatic rings. The molecule has 0 amide bonds. The molecule has 0 saturated carbocycles. The molecule has 0 saturated heterocycles. The number of carbonyl (C=O) groups excluding carboxylic acids is 1. The van der Waals surface area contributed by atoms with Crippen molar-refractivity contribution >= 4 is 27.4 Å². The Labute approximate surface area is 114 Å². The molecule has 0 bridgehead atoms. The SMILES string of the molecule is CC(=O)c1cc(Br)ccc1NCc1ncc(C)o1. The Morgan fingerprint density at radius 2 is 2.28 bits per heavy atom. The number of hydrogen-bond donors (Lipinski definition) is 1. The summed E-state index contributed by atoms with van der Waals surface area (Å²) in [5.41, 5.74) is 1.43. The highest BCUT2D eigenvalue weighted by Gasteiger charge is 2.08. The fourth-order valence-corrected chi connectivity index (χ4v) is 1.98. The lowest BCUT2D eigenvalue weighted by molar-refractivity contribution is 0.101. The van der Waals surface area contributed by atoms with Gasteiger partial charge in [-0.3, -0.25) is 4.79 Å². The number of Topliss-reactive ketones (excluding diaryl/α,β-unsaturated/α-hetero) is 1. The number of carbonyl (C=O) groups is 1. The number of anilines is 1. The number of hydrogen-bond acceptors (Lipinski definition) is 4. The first-order valence-corrected chi connectivity index (χ1v) is 6.31. The average Bonchev–Trinajstić information content (AvgIpc) is 2.73. The third-order valence-electron chi connectivity index (χ3n) is 2.46. The summed E-state index contributed by atoms with van der Waals surface area (Å²) in [6.45, 7) is 3.84. The van der Waals surface area contributed by atoms with Crippen molar-refractivity contribution in [1.29, 1.82) is 0 Å². The first-order chi connectivity index (χ1) is 8.56. The lowest BCUT2D eigenvalue weighted by Crippen LogP contribution is -2.05. The van der Waals surface area contributed by atoms with Gasteiger partial charge in [-0.15, -0.1) is 0 Å². The van der Waals surface area contributed by atoms with Crippen LogP contribution < -0.4 is 5.32 Å². The van der Waals surface area contributed by atoms with Gasteiger partial charge in [-0.05, 0) is 32.0 Å². The van der Waals surface area contributed by atoms with E-state index in [1.54, 1.807) is 19.2 Å². The highest BCUT2D eigenvalue weighted by atomic mass is 79.9. The van der Waals surface area contributed by atoms with Crippen LogP contribution in [-0.2, 0) is 6.54 Å². The monoisotopic (exact) mass is 308 g/mol. The minimum absolute atomic E-state index is 0.0161. The average molecular weight is 309 g/mol. The van der Waals surface area contributed by atoms with Gasteiger partial charge in [-0.25, -0.2) is 4.98 Å². The van der Waals surface area contributed by atoms with Crippen LogP contribution in [0.2, 0.25) is 0 Å². The van der Waals surface area contributed by atoms with Gasteiger partial charge in [0.05, 0.1) is 12.7 Å². The molecule has 2 rings (SSSR count). The molecule has 4 nitrogen and oxygen atoms in total. The summed E-state index contributed by atoms with van der Waals surface area (Å²) < 4.78 is 6.24. The molecule has 1 N–H and O–H groups in total. The first kappa shape index (κ1) is 12.8. The molecule has 0 spiro atoms. The molecule has 5 heteroatoms. The smallest absolute Gasteiger partial charge is 0.213 e. The van der Waals surface area contributed by atoms with Gasteiger partial charge in [0.15, 0.2) is 5.78 Å². The van der Waals surface area contributed by atoms with E-state index in [4.69, 9.17) is 4.42 Å². The highest BCUT2D eigenvalue weighted by Crippen LogP contribution is 2.22. The van der Waals surface area contributed by atoms with Crippen LogP contribution in [0.5, 0.6) is 0 Å². The number of benzene rings is 1. The van der Waals surface area contributed by atoms with E-state index in [9.17, 15) is 4.79 Å². The van der Waals surface area contributed by atoms with Crippen LogP contribution in [0.4, 0.5) is 5.69 Å². The second-order valence-corrected chi connectivity index (χ2v) is 4.88. The van der Waals surface area contributed by atoms with E-state index in [0.717, 1.165) is 15.9 Å². The molecule has 0 aliphatic carbocycles. The Bertz CT molecular complexity index is 578. The fourth-order valence-electron chi connectivity index (χ4n) is 1.62. The van der Waals surface area contributed by atoms with Crippen LogP contribution in [0.15, 0.2) is 33.3 Å². The number of rotatable bonds is 4. The third kappa shape index (κ3) is 2.98. The van der Waals surface area contributed by atoms with Gasteiger partial charge in [0, 0.05) is 15.7 Å². The minimum Gasteiger partial charge on any atom is -0.444 e. The molecule has 0 radical (unpaired) electrons. The molecule has 0 unspecified atom stereocenters. The van der Waals surface area contributed by atoms with Crippen LogP contribution in [0.1, 0.15) is 28.9 Å². The van der Waals surface area contributed by atoms with Gasteiger partial charge >= 0.3 is 0 Å². The number of oxazole rings is 1. The van der Waals surface area contributed by atoms with Gasteiger partial charge in [-0.1, -0.05) is 15.9 Å². The van der Waals surface area contributed by atoms with E-state index >= 15 is 0 Å². The maximum atomic E-state index is 11.5. The molecule has 0 aliphatic rings. The summed E-state index contributed by atoms with van der Waals surface area (Å²) in [4.78, 5) is 15.6. The summed E-state index contributed by atoms with van der Waals surface area (Å²) in [6, 6.07) is 5.54. The van der Waals surface area contributed by atoms with Gasteiger partial charge < -0.3 is 9.73 Å². The Hall–Kier alpha value is -1.62. The largest absolute Gasteiger partial charge is 0.444 e. The molecule has 0 aliphatic heterocycles. The molecule has 0 atom stereocenters. The zero-order valence-corrected chi connectivity index (χ0v) is 11.7. The van der Waals surface area contributed by atoms with E-state index in [1.165, 1.54) is 0 Å². The fraction of sp³-hybridized carbons (Fsp3) is 0.231. The second-order valence-electron chi connectivity index (χ2n) is 3.96. The highest BCUT2D eigenvalue weighted by molar-refractivity contribution is 9.10. The van der Waals surface area contributed by atoms with E-state index < -0.39 is 0 Å². The second kappa shape index (κ2) is 5.35. The number of aryl methyl sites for hydroxylation is 1. The molecule has 1 aromatic carbocycles. The Balaban J connectivity index is 2.16. The predicted molar refractivity (Wildman–Crippen MR) is 72.7 cm³/mol. The molecule has 1 heterocycles. The maximum Gasteiger partial charge on any atom is 0.213 e. The van der Waals surface area contributed by atoms with Crippen molar-refractivity contribution in [2.24, 2.45) is 0 Å². The quantitative estimate of drug-likeness (QED) is 0.877. The van der Waals surface area contributed by atoms with Gasteiger partial charge in [0.2, 0.25) is 5.89 Å². The van der Waals surface area contributed by atoms with Crippen molar-refractivity contribution in [3.8, 4) is 0 Å². The van der Waals surface area contributed by atoms with Gasteiger partial charge in [0.1, 0.15) is 5.76 Å². The first-order valence-electron chi connectivity index (χ1n) is 5.52. The topological polar surface area (TPSA) is 55.1 Å². The third-order valence-corrected chi connectivity index (χ3v) is 2.95. The lowest BCUT2D eigenvalue weighted by atomic mass is 10.1. The summed E-state index contributed by atoms with van der Waals surface area (Å²) in [5, 5.41) is 3.15. The van der Waals surface area contributed by atoms with E-state index in [2.05, 4.69) is 26.2 Å². The van der Waals surface area contributed by atoms with Crippen molar-refractivity contribution in [2.75, 3.05) is 5.32 Å². The number of aromatic nitrogens is 1. The van der Waals surface area contributed by atoms with Crippen LogP contribution >= 0.6 is 15.9 Å². The Morgan fingerprint density at radius 1 is 1.50 bits per heavy atom. The maximum absolute atomic E-state index is 11.5. The Morgan fingerprint density at radius 3 is 2.89 bits per heavy atom. The van der Waals surface area contributed by atoms with Crippen LogP contribution in [0, 0.1) is 6.92 Å². The number of nitrogens with zero attached hydrogens (tertiary/aromatic N) is 1. The van der Waals surface area contributed by atoms with Crippen molar-refractivity contribution in [2.45, 2.75) is 20.4 Å². The summed E-state index contributed by atoms with van der Waals surface area (Å²) in [6.07, 6.45) is 1.67. The summed E-state index contributed by atoms with van der Waals surface area (Å²) in [5.74, 6) is 1.39. The van der Waals surface area contributed by atoms with Crippen molar-refractivity contribution in [3.05, 3.63) is 46.1 Å². The lowest BCUT2D eigenvalue weighted by Gasteiger charge is -2.09. The van der Waals surface area contributed by atoms with Crippen molar-refractivity contribution in [1.82, 2.24) is 4.98 Å². The molecule has 94 valence electrons. The van der Waals surface area contributed by atoms with E-state index in [-0.39, 0.29) is 5.78 Å². The van der Waals surface area contributed by atoms with Crippen LogP contribution in [0.3, 0.4) is 0 Å². The number of nitrogens with one attached hydrogen (secondary N) is 1. The van der Waals surface area contributed by atoms with E-state index in [0.29, 0.717) is 18.0 Å². The number of halogens is 1. The molecule has 18 heavy (non-hydrogen) atoms. The molecular formula is C13H13BrN2O2. The minimum atomic E-state index is 0.0161. The van der Waals surface area contributed by atoms with E-state index in [1.807, 2.05) is 19.1 Å². The van der Waals surface area contributed by atoms with Gasteiger partial charge in [-0.2, -0.15) is 0 Å². The van der Waals surface area contributed by atoms with Crippen LogP contribution in [-0.4, -0.2) is 10.8 Å².